The Morgan fingerprint density at radius 3 is 2.43 bits per heavy atom. The van der Waals surface area contributed by atoms with Crippen LogP contribution in [0.3, 0.4) is 0 Å². The molecule has 160 valence electrons. The number of rotatable bonds is 5. The number of benzene rings is 2. The fraction of sp³-hybridized carbons (Fsp3) is 0.318. The SMILES string of the molecule is COc1ccc(N2CCC(NC(=O)/C=C/c3ccc(Cl)c(C(F)(F)F)c3)CC2)cc1. The summed E-state index contributed by atoms with van der Waals surface area (Å²) in [5, 5.41) is 2.55. The first kappa shape index (κ1) is 22.0. The van der Waals surface area contributed by atoms with Gasteiger partial charge in [0.1, 0.15) is 5.75 Å². The Hall–Kier alpha value is -2.67. The van der Waals surface area contributed by atoms with E-state index in [1.165, 1.54) is 24.3 Å². The number of halogens is 4. The normalized spacial score (nSPS) is 15.4. The molecule has 0 spiro atoms. The van der Waals surface area contributed by atoms with Gasteiger partial charge in [-0.15, -0.1) is 0 Å². The van der Waals surface area contributed by atoms with Crippen LogP contribution in [0.1, 0.15) is 24.0 Å². The monoisotopic (exact) mass is 438 g/mol. The van der Waals surface area contributed by atoms with E-state index in [0.29, 0.717) is 0 Å². The van der Waals surface area contributed by atoms with Crippen LogP contribution in [0.5, 0.6) is 5.75 Å². The van der Waals surface area contributed by atoms with Gasteiger partial charge < -0.3 is 15.0 Å². The number of nitrogens with one attached hydrogen (secondary N) is 1. The molecule has 0 aromatic heterocycles. The highest BCUT2D eigenvalue weighted by Gasteiger charge is 2.33. The third-order valence-corrected chi connectivity index (χ3v) is 5.33. The van der Waals surface area contributed by atoms with Crippen molar-refractivity contribution < 1.29 is 22.7 Å². The minimum Gasteiger partial charge on any atom is -0.497 e. The summed E-state index contributed by atoms with van der Waals surface area (Å²) in [6, 6.07) is 11.4. The Morgan fingerprint density at radius 1 is 1.17 bits per heavy atom. The van der Waals surface area contributed by atoms with Gasteiger partial charge in [-0.05, 0) is 60.9 Å². The van der Waals surface area contributed by atoms with Crippen molar-refractivity contribution in [3.63, 3.8) is 0 Å². The van der Waals surface area contributed by atoms with Gasteiger partial charge in [0.25, 0.3) is 0 Å². The van der Waals surface area contributed by atoms with Crippen LogP contribution in [0.25, 0.3) is 6.08 Å². The Kier molecular flexibility index (Phi) is 6.92. The number of ether oxygens (including phenoxy) is 1. The summed E-state index contributed by atoms with van der Waals surface area (Å²) >= 11 is 5.61. The van der Waals surface area contributed by atoms with Crippen LogP contribution in [0.15, 0.2) is 48.5 Å². The second-order valence-electron chi connectivity index (χ2n) is 7.04. The first-order chi connectivity index (χ1) is 14.3. The van der Waals surface area contributed by atoms with Crippen molar-refractivity contribution in [1.82, 2.24) is 5.32 Å². The van der Waals surface area contributed by atoms with E-state index >= 15 is 0 Å². The lowest BCUT2D eigenvalue weighted by atomic mass is 10.0. The Morgan fingerprint density at radius 2 is 1.83 bits per heavy atom. The molecule has 0 bridgehead atoms. The van der Waals surface area contributed by atoms with Crippen molar-refractivity contribution in [2.24, 2.45) is 0 Å². The Bertz CT molecular complexity index is 906. The van der Waals surface area contributed by atoms with Crippen LogP contribution in [-0.2, 0) is 11.0 Å². The number of anilines is 1. The number of alkyl halides is 3. The summed E-state index contributed by atoms with van der Waals surface area (Å²) in [6.45, 7) is 1.60. The number of amides is 1. The second-order valence-corrected chi connectivity index (χ2v) is 7.45. The predicted molar refractivity (Wildman–Crippen MR) is 112 cm³/mol. The van der Waals surface area contributed by atoms with E-state index in [9.17, 15) is 18.0 Å². The van der Waals surface area contributed by atoms with Crippen molar-refractivity contribution in [1.29, 1.82) is 0 Å². The lowest BCUT2D eigenvalue weighted by Crippen LogP contribution is -2.44. The highest BCUT2D eigenvalue weighted by atomic mass is 35.5. The first-order valence-corrected chi connectivity index (χ1v) is 9.88. The number of methoxy groups -OCH3 is 1. The molecular weight excluding hydrogens is 417 g/mol. The van der Waals surface area contributed by atoms with E-state index < -0.39 is 11.7 Å². The van der Waals surface area contributed by atoms with Crippen LogP contribution < -0.4 is 15.0 Å². The van der Waals surface area contributed by atoms with Gasteiger partial charge in [-0.2, -0.15) is 13.2 Å². The van der Waals surface area contributed by atoms with Crippen LogP contribution in [0.2, 0.25) is 5.02 Å². The van der Waals surface area contributed by atoms with E-state index in [1.807, 2.05) is 24.3 Å². The predicted octanol–water partition coefficient (Wildman–Crippen LogP) is 5.17. The molecule has 0 unspecified atom stereocenters. The second kappa shape index (κ2) is 9.43. The zero-order valence-electron chi connectivity index (χ0n) is 16.4. The number of hydrogen-bond acceptors (Lipinski definition) is 3. The number of carbonyl (C=O) groups is 1. The van der Waals surface area contributed by atoms with Gasteiger partial charge in [-0.1, -0.05) is 17.7 Å². The lowest BCUT2D eigenvalue weighted by molar-refractivity contribution is -0.137. The van der Waals surface area contributed by atoms with E-state index in [4.69, 9.17) is 16.3 Å². The van der Waals surface area contributed by atoms with Gasteiger partial charge in [0, 0.05) is 30.9 Å². The van der Waals surface area contributed by atoms with E-state index in [2.05, 4.69) is 10.2 Å². The van der Waals surface area contributed by atoms with Gasteiger partial charge in [0.15, 0.2) is 0 Å². The van der Waals surface area contributed by atoms with Crippen molar-refractivity contribution in [3.05, 3.63) is 64.7 Å². The van der Waals surface area contributed by atoms with Gasteiger partial charge >= 0.3 is 6.18 Å². The fourth-order valence-corrected chi connectivity index (χ4v) is 3.58. The zero-order valence-corrected chi connectivity index (χ0v) is 17.1. The standard InChI is InChI=1S/C22H22ClF3N2O2/c1-30-18-6-4-17(5-7-18)28-12-10-16(11-13-28)27-21(29)9-3-15-2-8-20(23)19(14-15)22(24,25)26/h2-9,14,16H,10-13H2,1H3,(H,27,29)/b9-3+. The molecular formula is C22H22ClF3N2O2. The molecule has 1 aliphatic rings. The first-order valence-electron chi connectivity index (χ1n) is 9.50. The van der Waals surface area contributed by atoms with Crippen molar-refractivity contribution in [2.75, 3.05) is 25.1 Å². The summed E-state index contributed by atoms with van der Waals surface area (Å²) in [6.07, 6.45) is -0.372. The molecule has 30 heavy (non-hydrogen) atoms. The highest BCUT2D eigenvalue weighted by Crippen LogP contribution is 2.35. The smallest absolute Gasteiger partial charge is 0.417 e. The number of piperidine rings is 1. The average molecular weight is 439 g/mol. The number of hydrogen-bond donors (Lipinski definition) is 1. The molecule has 0 radical (unpaired) electrons. The van der Waals surface area contributed by atoms with Crippen LogP contribution in [-0.4, -0.2) is 32.1 Å². The molecule has 1 amide bonds. The summed E-state index contributed by atoms with van der Waals surface area (Å²) in [4.78, 5) is 14.4. The molecule has 1 fully saturated rings. The third-order valence-electron chi connectivity index (χ3n) is 5.00. The molecule has 8 heteroatoms. The van der Waals surface area contributed by atoms with Crippen LogP contribution in [0.4, 0.5) is 18.9 Å². The van der Waals surface area contributed by atoms with Gasteiger partial charge in [-0.25, -0.2) is 0 Å². The Balaban J connectivity index is 1.52. The molecule has 4 nitrogen and oxygen atoms in total. The summed E-state index contributed by atoms with van der Waals surface area (Å²) in [5.74, 6) is 0.470. The minimum atomic E-state index is -4.54. The zero-order chi connectivity index (χ0) is 21.7. The van der Waals surface area contributed by atoms with Gasteiger partial charge in [-0.3, -0.25) is 4.79 Å². The number of carbonyl (C=O) groups excluding carboxylic acids is 1. The van der Waals surface area contributed by atoms with Crippen LogP contribution >= 0.6 is 11.6 Å². The molecule has 0 aliphatic carbocycles. The summed E-state index contributed by atoms with van der Waals surface area (Å²) in [7, 11) is 1.62. The molecule has 2 aromatic rings. The topological polar surface area (TPSA) is 41.6 Å². The largest absolute Gasteiger partial charge is 0.497 e. The molecule has 2 aromatic carbocycles. The summed E-state index contributed by atoms with van der Waals surface area (Å²) < 4.78 is 44.0. The number of nitrogens with zero attached hydrogens (tertiary/aromatic N) is 1. The maximum Gasteiger partial charge on any atom is 0.417 e. The van der Waals surface area contributed by atoms with Crippen molar-refractivity contribution in [2.45, 2.75) is 25.1 Å². The minimum absolute atomic E-state index is 0.0209. The van der Waals surface area contributed by atoms with Gasteiger partial charge in [0.05, 0.1) is 17.7 Å². The highest BCUT2D eigenvalue weighted by molar-refractivity contribution is 6.31. The molecule has 1 saturated heterocycles. The van der Waals surface area contributed by atoms with Gasteiger partial charge in [0.2, 0.25) is 5.91 Å². The van der Waals surface area contributed by atoms with Crippen molar-refractivity contribution >= 4 is 29.3 Å². The quantitative estimate of drug-likeness (QED) is 0.655. The maximum absolute atomic E-state index is 12.9. The fourth-order valence-electron chi connectivity index (χ4n) is 3.36. The van der Waals surface area contributed by atoms with E-state index in [1.54, 1.807) is 7.11 Å². The molecule has 0 saturated carbocycles. The molecule has 1 heterocycles. The third kappa shape index (κ3) is 5.69. The van der Waals surface area contributed by atoms with E-state index in [0.717, 1.165) is 43.4 Å². The molecule has 1 aliphatic heterocycles. The molecule has 1 N–H and O–H groups in total. The van der Waals surface area contributed by atoms with Crippen LogP contribution in [0, 0.1) is 0 Å². The lowest BCUT2D eigenvalue weighted by Gasteiger charge is -2.33. The molecule has 3 rings (SSSR count). The van der Waals surface area contributed by atoms with E-state index in [-0.39, 0.29) is 22.5 Å². The summed E-state index contributed by atoms with van der Waals surface area (Å²) in [5.41, 5.74) is 0.442. The average Bonchev–Trinajstić information content (AvgIpc) is 2.73. The maximum atomic E-state index is 12.9. The Labute approximate surface area is 178 Å². The van der Waals surface area contributed by atoms with Crippen molar-refractivity contribution in [3.8, 4) is 5.75 Å². The molecule has 0 atom stereocenters.